The van der Waals surface area contributed by atoms with E-state index in [0.29, 0.717) is 0 Å². The van der Waals surface area contributed by atoms with Crippen LogP contribution in [-0.4, -0.2) is 42.0 Å². The fourth-order valence-corrected chi connectivity index (χ4v) is 3.12. The van der Waals surface area contributed by atoms with Crippen LogP contribution in [-0.2, 0) is 6.42 Å². The second-order valence-electron chi connectivity index (χ2n) is 4.31. The number of carbonyl (C=O) groups excluding carboxylic acids is 1. The van der Waals surface area contributed by atoms with Crippen molar-refractivity contribution in [3.63, 3.8) is 0 Å². The van der Waals surface area contributed by atoms with E-state index in [1.54, 1.807) is 11.3 Å². The summed E-state index contributed by atoms with van der Waals surface area (Å²) >= 11 is 1.56. The van der Waals surface area contributed by atoms with Crippen LogP contribution in [0.3, 0.4) is 0 Å². The van der Waals surface area contributed by atoms with Gasteiger partial charge in [0.1, 0.15) is 4.88 Å². The molecular weight excluding hydrogens is 270 g/mol. The highest BCUT2D eigenvalue weighted by molar-refractivity contribution is 7.13. The first-order chi connectivity index (χ1) is 8.22. The molecule has 1 aliphatic rings. The fraction of sp³-hybridized carbons (Fsp3) is 0.667. The number of aromatic nitrogens is 1. The van der Waals surface area contributed by atoms with E-state index < -0.39 is 0 Å². The number of nitrogens with zero attached hydrogens (tertiary/aromatic N) is 2. The van der Waals surface area contributed by atoms with Gasteiger partial charge in [0.25, 0.3) is 5.91 Å². The summed E-state index contributed by atoms with van der Waals surface area (Å²) in [5.74, 6) is 0.156. The van der Waals surface area contributed by atoms with Crippen LogP contribution in [0.1, 0.15) is 33.7 Å². The SMILES string of the molecule is CCCc1nc(C)c(C(=O)N2CCNCC2)s1.Cl. The van der Waals surface area contributed by atoms with Crippen LogP contribution in [0.5, 0.6) is 0 Å². The van der Waals surface area contributed by atoms with Gasteiger partial charge in [0.05, 0.1) is 10.7 Å². The molecule has 1 N–H and O–H groups in total. The molecule has 0 bridgehead atoms. The van der Waals surface area contributed by atoms with Crippen molar-refractivity contribution in [1.82, 2.24) is 15.2 Å². The molecule has 1 aromatic rings. The monoisotopic (exact) mass is 289 g/mol. The Morgan fingerprint density at radius 2 is 2.11 bits per heavy atom. The van der Waals surface area contributed by atoms with Gasteiger partial charge < -0.3 is 10.2 Å². The van der Waals surface area contributed by atoms with Crippen LogP contribution in [0.4, 0.5) is 0 Å². The van der Waals surface area contributed by atoms with Crippen molar-refractivity contribution < 1.29 is 4.79 Å². The van der Waals surface area contributed by atoms with E-state index in [4.69, 9.17) is 0 Å². The van der Waals surface area contributed by atoms with Crippen molar-refractivity contribution in [2.75, 3.05) is 26.2 Å². The number of halogens is 1. The lowest BCUT2D eigenvalue weighted by Crippen LogP contribution is -2.46. The summed E-state index contributed by atoms with van der Waals surface area (Å²) in [5, 5.41) is 4.34. The fourth-order valence-electron chi connectivity index (χ4n) is 1.98. The van der Waals surface area contributed by atoms with Gasteiger partial charge in [-0.3, -0.25) is 4.79 Å². The molecule has 0 unspecified atom stereocenters. The second kappa shape index (κ2) is 7.07. The Hall–Kier alpha value is -0.650. The Bertz CT molecular complexity index is 402. The molecule has 1 aromatic heterocycles. The first kappa shape index (κ1) is 15.4. The lowest BCUT2D eigenvalue weighted by atomic mass is 10.3. The van der Waals surface area contributed by atoms with E-state index in [2.05, 4.69) is 17.2 Å². The summed E-state index contributed by atoms with van der Waals surface area (Å²) in [6.45, 7) is 7.47. The Kier molecular flexibility index (Phi) is 6.05. The van der Waals surface area contributed by atoms with E-state index in [-0.39, 0.29) is 18.3 Å². The smallest absolute Gasteiger partial charge is 0.265 e. The minimum atomic E-state index is 0. The molecule has 2 rings (SSSR count). The summed E-state index contributed by atoms with van der Waals surface area (Å²) < 4.78 is 0. The molecule has 0 radical (unpaired) electrons. The topological polar surface area (TPSA) is 45.2 Å². The summed E-state index contributed by atoms with van der Waals surface area (Å²) in [6.07, 6.45) is 2.05. The molecule has 0 aromatic carbocycles. The van der Waals surface area contributed by atoms with Crippen LogP contribution in [0, 0.1) is 6.92 Å². The molecule has 102 valence electrons. The summed E-state index contributed by atoms with van der Waals surface area (Å²) in [4.78, 5) is 19.5. The molecule has 1 saturated heterocycles. The number of rotatable bonds is 3. The van der Waals surface area contributed by atoms with Crippen LogP contribution >= 0.6 is 23.7 Å². The van der Waals surface area contributed by atoms with Gasteiger partial charge in [0.15, 0.2) is 0 Å². The van der Waals surface area contributed by atoms with Crippen LogP contribution < -0.4 is 5.32 Å². The van der Waals surface area contributed by atoms with E-state index in [0.717, 1.165) is 54.6 Å². The molecule has 0 spiro atoms. The van der Waals surface area contributed by atoms with Gasteiger partial charge in [-0.15, -0.1) is 23.7 Å². The maximum atomic E-state index is 12.3. The molecule has 1 aliphatic heterocycles. The number of hydrogen-bond acceptors (Lipinski definition) is 4. The zero-order valence-electron chi connectivity index (χ0n) is 10.9. The van der Waals surface area contributed by atoms with Crippen molar-refractivity contribution in [2.45, 2.75) is 26.7 Å². The van der Waals surface area contributed by atoms with Gasteiger partial charge in [-0.1, -0.05) is 6.92 Å². The van der Waals surface area contributed by atoms with Crippen molar-refractivity contribution >= 4 is 29.7 Å². The average molecular weight is 290 g/mol. The molecular formula is C12H20ClN3OS. The van der Waals surface area contributed by atoms with Crippen LogP contribution in [0.25, 0.3) is 0 Å². The summed E-state index contributed by atoms with van der Waals surface area (Å²) in [6, 6.07) is 0. The predicted octanol–water partition coefficient (Wildman–Crippen LogP) is 1.87. The van der Waals surface area contributed by atoms with Crippen molar-refractivity contribution in [2.24, 2.45) is 0 Å². The minimum absolute atomic E-state index is 0. The van der Waals surface area contributed by atoms with E-state index >= 15 is 0 Å². The Labute approximate surface area is 118 Å². The maximum Gasteiger partial charge on any atom is 0.265 e. The number of carbonyl (C=O) groups is 1. The quantitative estimate of drug-likeness (QED) is 0.924. The molecule has 1 amide bonds. The first-order valence-electron chi connectivity index (χ1n) is 6.18. The molecule has 18 heavy (non-hydrogen) atoms. The molecule has 4 nitrogen and oxygen atoms in total. The number of thiazole rings is 1. The van der Waals surface area contributed by atoms with Crippen LogP contribution in [0.15, 0.2) is 0 Å². The number of hydrogen-bond donors (Lipinski definition) is 1. The van der Waals surface area contributed by atoms with Gasteiger partial charge in [-0.05, 0) is 19.8 Å². The van der Waals surface area contributed by atoms with E-state index in [1.165, 1.54) is 0 Å². The van der Waals surface area contributed by atoms with Crippen molar-refractivity contribution in [3.8, 4) is 0 Å². The lowest BCUT2D eigenvalue weighted by molar-refractivity contribution is 0.0740. The van der Waals surface area contributed by atoms with Crippen LogP contribution in [0.2, 0.25) is 0 Å². The molecule has 0 aliphatic carbocycles. The van der Waals surface area contributed by atoms with Gasteiger partial charge in [0.2, 0.25) is 0 Å². The molecule has 6 heteroatoms. The second-order valence-corrected chi connectivity index (χ2v) is 5.40. The van der Waals surface area contributed by atoms with Gasteiger partial charge >= 0.3 is 0 Å². The minimum Gasteiger partial charge on any atom is -0.335 e. The standard InChI is InChI=1S/C12H19N3OS.ClH/c1-3-4-10-14-9(2)11(17-10)12(16)15-7-5-13-6-8-15;/h13H,3-8H2,1-2H3;1H. The van der Waals surface area contributed by atoms with Gasteiger partial charge in [-0.2, -0.15) is 0 Å². The highest BCUT2D eigenvalue weighted by Crippen LogP contribution is 2.21. The number of piperazine rings is 1. The third-order valence-electron chi connectivity index (χ3n) is 2.90. The summed E-state index contributed by atoms with van der Waals surface area (Å²) in [7, 11) is 0. The Morgan fingerprint density at radius 1 is 1.44 bits per heavy atom. The zero-order valence-corrected chi connectivity index (χ0v) is 12.5. The number of nitrogens with one attached hydrogen (secondary N) is 1. The Morgan fingerprint density at radius 3 is 2.72 bits per heavy atom. The molecule has 1 fully saturated rings. The molecule has 0 atom stereocenters. The summed E-state index contributed by atoms with van der Waals surface area (Å²) in [5.41, 5.74) is 0.891. The highest BCUT2D eigenvalue weighted by atomic mass is 35.5. The number of amides is 1. The van der Waals surface area contributed by atoms with Gasteiger partial charge in [-0.25, -0.2) is 4.98 Å². The average Bonchev–Trinajstić information content (AvgIpc) is 2.71. The Balaban J connectivity index is 0.00000162. The predicted molar refractivity (Wildman–Crippen MR) is 76.9 cm³/mol. The highest BCUT2D eigenvalue weighted by Gasteiger charge is 2.22. The third kappa shape index (κ3) is 3.43. The van der Waals surface area contributed by atoms with E-state index in [9.17, 15) is 4.79 Å². The molecule has 0 saturated carbocycles. The number of aryl methyl sites for hydroxylation is 2. The van der Waals surface area contributed by atoms with Crippen molar-refractivity contribution in [3.05, 3.63) is 15.6 Å². The van der Waals surface area contributed by atoms with E-state index in [1.807, 2.05) is 11.8 Å². The third-order valence-corrected chi connectivity index (χ3v) is 4.11. The lowest BCUT2D eigenvalue weighted by Gasteiger charge is -2.27. The van der Waals surface area contributed by atoms with Crippen molar-refractivity contribution in [1.29, 1.82) is 0 Å². The molecule has 2 heterocycles. The normalized spacial score (nSPS) is 15.3. The maximum absolute atomic E-state index is 12.3. The zero-order chi connectivity index (χ0) is 12.3. The first-order valence-corrected chi connectivity index (χ1v) is 7.00. The largest absolute Gasteiger partial charge is 0.335 e. The van der Waals surface area contributed by atoms with Gasteiger partial charge in [0, 0.05) is 26.2 Å².